The van der Waals surface area contributed by atoms with Crippen molar-refractivity contribution in [3.05, 3.63) is 58.8 Å². The lowest BCUT2D eigenvalue weighted by Crippen LogP contribution is -2.50. The number of rotatable bonds is 6. The molecule has 1 aromatic carbocycles. The highest BCUT2D eigenvalue weighted by molar-refractivity contribution is 6.31. The number of aromatic amines is 1. The largest absolute Gasteiger partial charge is 0.461 e. The summed E-state index contributed by atoms with van der Waals surface area (Å²) in [5.74, 6) is 2.21. The number of nitrogens with one attached hydrogen (secondary N) is 3. The summed E-state index contributed by atoms with van der Waals surface area (Å²) in [6, 6.07) is 8.43. The number of H-pyrrole nitrogens is 1. The number of furan rings is 1. The van der Waals surface area contributed by atoms with E-state index in [-0.39, 0.29) is 11.9 Å². The number of halogens is 2. The monoisotopic (exact) mass is 445 g/mol. The third kappa shape index (κ3) is 5.62. The van der Waals surface area contributed by atoms with E-state index in [1.54, 1.807) is 25.4 Å². The lowest BCUT2D eigenvalue weighted by molar-refractivity contribution is 0.192. The van der Waals surface area contributed by atoms with Crippen LogP contribution in [0.3, 0.4) is 0 Å². The van der Waals surface area contributed by atoms with Gasteiger partial charge in [-0.15, -0.1) is 5.10 Å². The molecule has 1 unspecified atom stereocenters. The van der Waals surface area contributed by atoms with Gasteiger partial charge in [-0.25, -0.2) is 9.37 Å². The zero-order valence-corrected chi connectivity index (χ0v) is 18.0. The van der Waals surface area contributed by atoms with E-state index >= 15 is 0 Å². The topological polar surface area (TPSA) is 94.4 Å². The number of hydrogen-bond donors (Lipinski definition) is 3. The number of likely N-dealkylation sites (tertiary alicyclic amines) is 1. The summed E-state index contributed by atoms with van der Waals surface area (Å²) >= 11 is 6.19. The van der Waals surface area contributed by atoms with E-state index in [0.29, 0.717) is 41.5 Å². The SMILES string of the molecule is CN=C(NCc1nc(-c2ccco2)n[nH]1)NC1CCCN(Cc2ccc(F)cc2Cl)C1. The van der Waals surface area contributed by atoms with Gasteiger partial charge in [0.25, 0.3) is 0 Å². The summed E-state index contributed by atoms with van der Waals surface area (Å²) in [6.45, 7) is 2.97. The van der Waals surface area contributed by atoms with Crippen molar-refractivity contribution in [1.29, 1.82) is 0 Å². The van der Waals surface area contributed by atoms with Gasteiger partial charge in [0.1, 0.15) is 11.6 Å². The summed E-state index contributed by atoms with van der Waals surface area (Å²) in [5, 5.41) is 14.3. The lowest BCUT2D eigenvalue weighted by atomic mass is 10.0. The van der Waals surface area contributed by atoms with Crippen LogP contribution < -0.4 is 10.6 Å². The molecule has 0 aliphatic carbocycles. The zero-order chi connectivity index (χ0) is 21.6. The summed E-state index contributed by atoms with van der Waals surface area (Å²) < 4.78 is 18.6. The number of nitrogens with zero attached hydrogens (tertiary/aromatic N) is 4. The molecule has 1 atom stereocenters. The maximum absolute atomic E-state index is 13.3. The van der Waals surface area contributed by atoms with Crippen molar-refractivity contribution in [3.8, 4) is 11.6 Å². The summed E-state index contributed by atoms with van der Waals surface area (Å²) in [4.78, 5) is 11.1. The fourth-order valence-corrected chi connectivity index (χ4v) is 3.88. The second-order valence-corrected chi connectivity index (χ2v) is 7.87. The van der Waals surface area contributed by atoms with Crippen LogP contribution in [0, 0.1) is 5.82 Å². The molecule has 164 valence electrons. The highest BCUT2D eigenvalue weighted by Crippen LogP contribution is 2.21. The maximum atomic E-state index is 13.3. The number of aliphatic imine (C=N–C) groups is 1. The molecular formula is C21H25ClFN7O. The van der Waals surface area contributed by atoms with Crippen LogP contribution in [0.15, 0.2) is 46.0 Å². The van der Waals surface area contributed by atoms with Crippen LogP contribution in [-0.4, -0.2) is 52.2 Å². The van der Waals surface area contributed by atoms with Crippen molar-refractivity contribution >= 4 is 17.6 Å². The molecule has 0 spiro atoms. The first-order valence-electron chi connectivity index (χ1n) is 10.2. The predicted molar refractivity (Wildman–Crippen MR) is 117 cm³/mol. The van der Waals surface area contributed by atoms with Gasteiger partial charge in [-0.1, -0.05) is 17.7 Å². The van der Waals surface area contributed by atoms with Crippen LogP contribution in [0.5, 0.6) is 0 Å². The highest BCUT2D eigenvalue weighted by Gasteiger charge is 2.21. The van der Waals surface area contributed by atoms with Gasteiger partial charge < -0.3 is 15.1 Å². The second-order valence-electron chi connectivity index (χ2n) is 7.46. The molecule has 3 heterocycles. The first-order chi connectivity index (χ1) is 15.1. The van der Waals surface area contributed by atoms with Gasteiger partial charge in [-0.2, -0.15) is 0 Å². The van der Waals surface area contributed by atoms with Gasteiger partial charge in [0, 0.05) is 31.2 Å². The third-order valence-electron chi connectivity index (χ3n) is 5.18. The molecule has 1 aliphatic rings. The molecule has 0 bridgehead atoms. The minimum atomic E-state index is -0.315. The molecule has 3 aromatic rings. The Balaban J connectivity index is 1.29. The van der Waals surface area contributed by atoms with E-state index in [2.05, 4.69) is 35.7 Å². The van der Waals surface area contributed by atoms with Crippen LogP contribution in [0.2, 0.25) is 5.02 Å². The molecule has 3 N–H and O–H groups in total. The Hall–Kier alpha value is -2.91. The molecule has 31 heavy (non-hydrogen) atoms. The Morgan fingerprint density at radius 1 is 1.42 bits per heavy atom. The number of benzene rings is 1. The van der Waals surface area contributed by atoms with E-state index in [1.807, 2.05) is 6.07 Å². The summed E-state index contributed by atoms with van der Waals surface area (Å²) in [5.41, 5.74) is 0.934. The van der Waals surface area contributed by atoms with Crippen LogP contribution in [0.1, 0.15) is 24.2 Å². The molecule has 4 rings (SSSR count). The van der Waals surface area contributed by atoms with Gasteiger partial charge in [0.2, 0.25) is 5.82 Å². The van der Waals surface area contributed by atoms with E-state index in [0.717, 1.165) is 31.5 Å². The van der Waals surface area contributed by atoms with E-state index < -0.39 is 0 Å². The van der Waals surface area contributed by atoms with E-state index in [9.17, 15) is 4.39 Å². The van der Waals surface area contributed by atoms with E-state index in [1.165, 1.54) is 12.1 Å². The normalized spacial score (nSPS) is 17.6. The average Bonchev–Trinajstić information content (AvgIpc) is 3.45. The Labute approximate surface area is 184 Å². The summed E-state index contributed by atoms with van der Waals surface area (Å²) in [7, 11) is 1.74. The number of guanidine groups is 1. The summed E-state index contributed by atoms with van der Waals surface area (Å²) in [6.07, 6.45) is 3.69. The molecule has 10 heteroatoms. The van der Waals surface area contributed by atoms with Crippen LogP contribution >= 0.6 is 11.6 Å². The maximum Gasteiger partial charge on any atom is 0.216 e. The molecule has 1 aliphatic heterocycles. The van der Waals surface area contributed by atoms with Crippen LogP contribution in [-0.2, 0) is 13.1 Å². The standard InChI is InChI=1S/C21H25ClFN7O/c1-24-21(25-11-19-27-20(29-28-19)18-5-3-9-31-18)26-16-4-2-8-30(13-16)12-14-6-7-15(23)10-17(14)22/h3,5-7,9-10,16H,2,4,8,11-13H2,1H3,(H2,24,25,26)(H,27,28,29). The molecule has 1 fully saturated rings. The smallest absolute Gasteiger partial charge is 0.216 e. The Morgan fingerprint density at radius 3 is 3.10 bits per heavy atom. The minimum Gasteiger partial charge on any atom is -0.461 e. The zero-order valence-electron chi connectivity index (χ0n) is 17.2. The van der Waals surface area contributed by atoms with Crippen LogP contribution in [0.25, 0.3) is 11.6 Å². The molecule has 0 saturated carbocycles. The molecule has 8 nitrogen and oxygen atoms in total. The fourth-order valence-electron chi connectivity index (χ4n) is 3.65. The first-order valence-corrected chi connectivity index (χ1v) is 10.6. The highest BCUT2D eigenvalue weighted by atomic mass is 35.5. The molecule has 0 radical (unpaired) electrons. The number of aromatic nitrogens is 3. The van der Waals surface area contributed by atoms with Gasteiger partial charge in [-0.3, -0.25) is 15.0 Å². The molecular weight excluding hydrogens is 421 g/mol. The third-order valence-corrected chi connectivity index (χ3v) is 5.53. The Kier molecular flexibility index (Phi) is 6.83. The van der Waals surface area contributed by atoms with Crippen molar-refractivity contribution in [3.63, 3.8) is 0 Å². The van der Waals surface area contributed by atoms with Crippen molar-refractivity contribution in [2.75, 3.05) is 20.1 Å². The van der Waals surface area contributed by atoms with Crippen molar-refractivity contribution in [2.45, 2.75) is 32.0 Å². The quantitative estimate of drug-likeness (QED) is 0.398. The van der Waals surface area contributed by atoms with Crippen molar-refractivity contribution in [1.82, 2.24) is 30.7 Å². The lowest BCUT2D eigenvalue weighted by Gasteiger charge is -2.34. The Bertz CT molecular complexity index is 1020. The minimum absolute atomic E-state index is 0.243. The predicted octanol–water partition coefficient (Wildman–Crippen LogP) is 3.19. The van der Waals surface area contributed by atoms with Gasteiger partial charge in [0.15, 0.2) is 11.7 Å². The number of piperidine rings is 1. The average molecular weight is 446 g/mol. The Morgan fingerprint density at radius 2 is 2.32 bits per heavy atom. The van der Waals surface area contributed by atoms with Crippen molar-refractivity contribution < 1.29 is 8.81 Å². The van der Waals surface area contributed by atoms with Gasteiger partial charge >= 0.3 is 0 Å². The molecule has 2 aromatic heterocycles. The first kappa shape index (κ1) is 21.3. The molecule has 0 amide bonds. The van der Waals surface area contributed by atoms with E-state index in [4.69, 9.17) is 16.0 Å². The van der Waals surface area contributed by atoms with Gasteiger partial charge in [-0.05, 0) is 49.2 Å². The van der Waals surface area contributed by atoms with Crippen molar-refractivity contribution in [2.24, 2.45) is 4.99 Å². The fraction of sp³-hybridized carbons (Fsp3) is 0.381. The molecule has 1 saturated heterocycles. The van der Waals surface area contributed by atoms with Gasteiger partial charge in [0.05, 0.1) is 12.8 Å². The second kappa shape index (κ2) is 9.93. The number of hydrogen-bond acceptors (Lipinski definition) is 5. The van der Waals surface area contributed by atoms with Crippen LogP contribution in [0.4, 0.5) is 4.39 Å².